The van der Waals surface area contributed by atoms with Crippen molar-refractivity contribution in [1.29, 1.82) is 0 Å². The highest BCUT2D eigenvalue weighted by atomic mass is 16.5. The molecule has 0 radical (unpaired) electrons. The van der Waals surface area contributed by atoms with E-state index in [-0.39, 0.29) is 5.91 Å². The van der Waals surface area contributed by atoms with Gasteiger partial charge in [-0.15, -0.1) is 0 Å². The second-order valence-corrected chi connectivity index (χ2v) is 5.90. The summed E-state index contributed by atoms with van der Waals surface area (Å²) in [7, 11) is 0. The van der Waals surface area contributed by atoms with Crippen LogP contribution < -0.4 is 11.1 Å². The lowest BCUT2D eigenvalue weighted by Crippen LogP contribution is -2.14. The van der Waals surface area contributed by atoms with E-state index in [0.29, 0.717) is 18.7 Å². The zero-order valence-electron chi connectivity index (χ0n) is 12.9. The van der Waals surface area contributed by atoms with Crippen molar-refractivity contribution in [1.82, 2.24) is 0 Å². The minimum absolute atomic E-state index is 0.0215. The Morgan fingerprint density at radius 1 is 1.38 bits per heavy atom. The van der Waals surface area contributed by atoms with Gasteiger partial charge in [-0.05, 0) is 49.8 Å². The number of carbonyl (C=O) groups excluding carboxylic acids is 1. The van der Waals surface area contributed by atoms with Crippen LogP contribution >= 0.6 is 0 Å². The summed E-state index contributed by atoms with van der Waals surface area (Å²) in [5.74, 6) is 0.766. The van der Waals surface area contributed by atoms with E-state index in [4.69, 9.17) is 10.5 Å². The molecule has 1 amide bonds. The van der Waals surface area contributed by atoms with Crippen molar-refractivity contribution < 1.29 is 9.53 Å². The van der Waals surface area contributed by atoms with Gasteiger partial charge >= 0.3 is 0 Å². The Morgan fingerprint density at radius 3 is 2.90 bits per heavy atom. The minimum Gasteiger partial charge on any atom is -0.398 e. The van der Waals surface area contributed by atoms with Gasteiger partial charge in [-0.1, -0.05) is 18.9 Å². The van der Waals surface area contributed by atoms with E-state index >= 15 is 0 Å². The van der Waals surface area contributed by atoms with E-state index in [2.05, 4.69) is 5.32 Å². The van der Waals surface area contributed by atoms with E-state index < -0.39 is 0 Å². The van der Waals surface area contributed by atoms with E-state index in [0.717, 1.165) is 30.2 Å². The van der Waals surface area contributed by atoms with Crippen LogP contribution in [0.25, 0.3) is 0 Å². The summed E-state index contributed by atoms with van der Waals surface area (Å²) >= 11 is 0. The average Bonchev–Trinajstić information content (AvgIpc) is 2.97. The Labute approximate surface area is 127 Å². The summed E-state index contributed by atoms with van der Waals surface area (Å²) in [5.41, 5.74) is 8.24. The van der Waals surface area contributed by atoms with Crippen molar-refractivity contribution in [2.24, 2.45) is 5.92 Å². The van der Waals surface area contributed by atoms with Crippen LogP contribution in [0.15, 0.2) is 18.2 Å². The summed E-state index contributed by atoms with van der Waals surface area (Å²) in [6, 6.07) is 5.56. The fraction of sp³-hybridized carbons (Fsp3) is 0.588. The van der Waals surface area contributed by atoms with Crippen molar-refractivity contribution >= 4 is 17.3 Å². The molecule has 1 fully saturated rings. The lowest BCUT2D eigenvalue weighted by molar-refractivity contribution is -0.116. The molecule has 0 bridgehead atoms. The summed E-state index contributed by atoms with van der Waals surface area (Å²) in [5, 5.41) is 2.91. The van der Waals surface area contributed by atoms with Gasteiger partial charge in [0, 0.05) is 31.0 Å². The molecule has 1 aromatic carbocycles. The van der Waals surface area contributed by atoms with E-state index in [1.54, 1.807) is 0 Å². The number of nitrogens with one attached hydrogen (secondary N) is 1. The van der Waals surface area contributed by atoms with Gasteiger partial charge in [0.2, 0.25) is 5.91 Å². The SMILES string of the molecule is Cc1c(N)cccc1NC(=O)CCCOCC1CCCC1. The molecule has 1 saturated carbocycles. The molecule has 4 heteroatoms. The first kappa shape index (κ1) is 15.8. The van der Waals surface area contributed by atoms with E-state index in [1.165, 1.54) is 25.7 Å². The highest BCUT2D eigenvalue weighted by Crippen LogP contribution is 2.24. The number of nitrogen functional groups attached to an aromatic ring is 1. The Balaban J connectivity index is 1.62. The van der Waals surface area contributed by atoms with E-state index in [1.807, 2.05) is 25.1 Å². The zero-order valence-corrected chi connectivity index (χ0v) is 12.9. The van der Waals surface area contributed by atoms with Crippen molar-refractivity contribution in [3.05, 3.63) is 23.8 Å². The van der Waals surface area contributed by atoms with Crippen LogP contribution in [0.5, 0.6) is 0 Å². The predicted molar refractivity (Wildman–Crippen MR) is 86.2 cm³/mol. The quantitative estimate of drug-likeness (QED) is 0.596. The predicted octanol–water partition coefficient (Wildman–Crippen LogP) is 3.50. The van der Waals surface area contributed by atoms with Crippen molar-refractivity contribution in [2.75, 3.05) is 24.3 Å². The van der Waals surface area contributed by atoms with Gasteiger partial charge in [0.1, 0.15) is 0 Å². The molecule has 0 unspecified atom stereocenters. The van der Waals surface area contributed by atoms with Gasteiger partial charge in [-0.3, -0.25) is 4.79 Å². The third-order valence-electron chi connectivity index (χ3n) is 4.17. The fourth-order valence-electron chi connectivity index (χ4n) is 2.76. The molecule has 21 heavy (non-hydrogen) atoms. The van der Waals surface area contributed by atoms with Gasteiger partial charge < -0.3 is 15.8 Å². The standard InChI is InChI=1S/C17H26N2O2/c1-13-15(18)8-4-9-16(13)19-17(20)10-5-11-21-12-14-6-2-3-7-14/h4,8-9,14H,2-3,5-7,10-12,18H2,1H3,(H,19,20). The monoisotopic (exact) mass is 290 g/mol. The Morgan fingerprint density at radius 2 is 2.14 bits per heavy atom. The molecule has 1 aliphatic rings. The molecule has 0 spiro atoms. The van der Waals surface area contributed by atoms with Gasteiger partial charge in [-0.2, -0.15) is 0 Å². The average molecular weight is 290 g/mol. The molecule has 116 valence electrons. The number of rotatable bonds is 7. The van der Waals surface area contributed by atoms with Crippen LogP contribution in [-0.2, 0) is 9.53 Å². The first-order valence-electron chi connectivity index (χ1n) is 7.89. The number of benzene rings is 1. The maximum Gasteiger partial charge on any atom is 0.224 e. The molecule has 0 aromatic heterocycles. The molecule has 0 atom stereocenters. The number of nitrogens with two attached hydrogens (primary N) is 1. The minimum atomic E-state index is 0.0215. The van der Waals surface area contributed by atoms with Crippen molar-refractivity contribution in [2.45, 2.75) is 45.4 Å². The number of hydrogen-bond acceptors (Lipinski definition) is 3. The smallest absolute Gasteiger partial charge is 0.224 e. The Hall–Kier alpha value is -1.55. The van der Waals surface area contributed by atoms with Gasteiger partial charge in [-0.25, -0.2) is 0 Å². The summed E-state index contributed by atoms with van der Waals surface area (Å²) in [4.78, 5) is 11.9. The molecular formula is C17H26N2O2. The Bertz CT molecular complexity index is 468. The number of amides is 1. The van der Waals surface area contributed by atoms with Gasteiger partial charge in [0.25, 0.3) is 0 Å². The molecule has 0 saturated heterocycles. The largest absolute Gasteiger partial charge is 0.398 e. The second-order valence-electron chi connectivity index (χ2n) is 5.90. The molecule has 1 aromatic rings. The molecule has 2 rings (SSSR count). The summed E-state index contributed by atoms with van der Waals surface area (Å²) < 4.78 is 5.66. The summed E-state index contributed by atoms with van der Waals surface area (Å²) in [6.07, 6.45) is 6.54. The van der Waals surface area contributed by atoms with Crippen LogP contribution in [0.2, 0.25) is 0 Å². The Kier molecular flexibility index (Phi) is 6.05. The number of anilines is 2. The normalized spacial score (nSPS) is 15.3. The fourth-order valence-corrected chi connectivity index (χ4v) is 2.76. The van der Waals surface area contributed by atoms with Crippen LogP contribution in [0.3, 0.4) is 0 Å². The third kappa shape index (κ3) is 5.05. The van der Waals surface area contributed by atoms with E-state index in [9.17, 15) is 4.79 Å². The second kappa shape index (κ2) is 8.03. The van der Waals surface area contributed by atoms with Crippen molar-refractivity contribution in [3.8, 4) is 0 Å². The lowest BCUT2D eigenvalue weighted by atomic mass is 10.1. The molecule has 4 nitrogen and oxygen atoms in total. The lowest BCUT2D eigenvalue weighted by Gasteiger charge is -2.11. The van der Waals surface area contributed by atoms with Crippen LogP contribution in [-0.4, -0.2) is 19.1 Å². The van der Waals surface area contributed by atoms with Crippen molar-refractivity contribution in [3.63, 3.8) is 0 Å². The zero-order chi connectivity index (χ0) is 15.1. The first-order valence-corrected chi connectivity index (χ1v) is 7.89. The molecule has 1 aliphatic carbocycles. The maximum atomic E-state index is 11.9. The molecule has 0 heterocycles. The first-order chi connectivity index (χ1) is 10.2. The summed E-state index contributed by atoms with van der Waals surface area (Å²) in [6.45, 7) is 3.44. The van der Waals surface area contributed by atoms with Crippen LogP contribution in [0.4, 0.5) is 11.4 Å². The number of hydrogen-bond donors (Lipinski definition) is 2. The number of ether oxygens (including phenoxy) is 1. The van der Waals surface area contributed by atoms with Crippen LogP contribution in [0.1, 0.15) is 44.1 Å². The van der Waals surface area contributed by atoms with Gasteiger partial charge in [0.15, 0.2) is 0 Å². The van der Waals surface area contributed by atoms with Crippen LogP contribution in [0, 0.1) is 12.8 Å². The van der Waals surface area contributed by atoms with Gasteiger partial charge in [0.05, 0.1) is 0 Å². The molecule has 0 aliphatic heterocycles. The maximum absolute atomic E-state index is 11.9. The third-order valence-corrected chi connectivity index (χ3v) is 4.17. The highest BCUT2D eigenvalue weighted by molar-refractivity contribution is 5.92. The topological polar surface area (TPSA) is 64.3 Å². The number of carbonyl (C=O) groups is 1. The highest BCUT2D eigenvalue weighted by Gasteiger charge is 2.14. The molecule has 3 N–H and O–H groups in total. The molecular weight excluding hydrogens is 264 g/mol.